The standard InChI is InChI=1S/C9H15N3O2S/c1-12(2)11-15(13,14)7-8-5-3-4-6-9(8)10/h3-6,11H,7,10H2,1-2H3. The molecule has 1 aromatic carbocycles. The van der Waals surface area contributed by atoms with Gasteiger partial charge in [-0.1, -0.05) is 18.2 Å². The average molecular weight is 229 g/mol. The molecule has 1 rings (SSSR count). The van der Waals surface area contributed by atoms with E-state index in [9.17, 15) is 8.42 Å². The van der Waals surface area contributed by atoms with Gasteiger partial charge in [-0.15, -0.1) is 4.83 Å². The van der Waals surface area contributed by atoms with Crippen LogP contribution in [0.5, 0.6) is 0 Å². The van der Waals surface area contributed by atoms with Gasteiger partial charge in [0.2, 0.25) is 10.0 Å². The first-order valence-corrected chi connectivity index (χ1v) is 6.07. The molecule has 6 heteroatoms. The summed E-state index contributed by atoms with van der Waals surface area (Å²) >= 11 is 0. The molecule has 0 saturated carbocycles. The second-order valence-electron chi connectivity index (χ2n) is 3.44. The first-order valence-electron chi connectivity index (χ1n) is 4.41. The first-order chi connectivity index (χ1) is 6.91. The predicted molar refractivity (Wildman–Crippen MR) is 60.3 cm³/mol. The molecule has 0 aromatic heterocycles. The van der Waals surface area contributed by atoms with Gasteiger partial charge in [-0.25, -0.2) is 13.4 Å². The van der Waals surface area contributed by atoms with Crippen molar-refractivity contribution in [1.29, 1.82) is 0 Å². The molecule has 1 aromatic rings. The molecule has 84 valence electrons. The normalized spacial score (nSPS) is 11.9. The van der Waals surface area contributed by atoms with Gasteiger partial charge in [0.15, 0.2) is 0 Å². The maximum absolute atomic E-state index is 11.6. The van der Waals surface area contributed by atoms with Crippen molar-refractivity contribution >= 4 is 15.7 Å². The lowest BCUT2D eigenvalue weighted by atomic mass is 10.2. The van der Waals surface area contributed by atoms with Crippen LogP contribution in [0.2, 0.25) is 0 Å². The summed E-state index contributed by atoms with van der Waals surface area (Å²) in [6, 6.07) is 6.91. The number of hydrazine groups is 1. The van der Waals surface area contributed by atoms with Crippen LogP contribution in [0.25, 0.3) is 0 Å². The van der Waals surface area contributed by atoms with E-state index in [1.807, 2.05) is 0 Å². The Morgan fingerprint density at radius 2 is 1.93 bits per heavy atom. The Bertz CT molecular complexity index is 429. The third-order valence-electron chi connectivity index (χ3n) is 1.72. The fourth-order valence-corrected chi connectivity index (χ4v) is 2.47. The number of nitrogens with two attached hydrogens (primary N) is 1. The van der Waals surface area contributed by atoms with Gasteiger partial charge in [0.25, 0.3) is 0 Å². The Kier molecular flexibility index (Phi) is 3.67. The minimum Gasteiger partial charge on any atom is -0.398 e. The van der Waals surface area contributed by atoms with Crippen molar-refractivity contribution in [2.75, 3.05) is 19.8 Å². The number of hydrogen-bond acceptors (Lipinski definition) is 4. The van der Waals surface area contributed by atoms with Crippen molar-refractivity contribution in [3.05, 3.63) is 29.8 Å². The van der Waals surface area contributed by atoms with Crippen molar-refractivity contribution in [2.24, 2.45) is 0 Å². The highest BCUT2D eigenvalue weighted by atomic mass is 32.2. The summed E-state index contributed by atoms with van der Waals surface area (Å²) in [4.78, 5) is 2.34. The lowest BCUT2D eigenvalue weighted by Crippen LogP contribution is -2.36. The smallest absolute Gasteiger partial charge is 0.228 e. The van der Waals surface area contributed by atoms with Gasteiger partial charge in [-0.2, -0.15) is 0 Å². The largest absolute Gasteiger partial charge is 0.398 e. The topological polar surface area (TPSA) is 75.4 Å². The summed E-state index contributed by atoms with van der Waals surface area (Å²) in [7, 11) is -0.127. The number of benzene rings is 1. The van der Waals surface area contributed by atoms with Crippen molar-refractivity contribution in [3.63, 3.8) is 0 Å². The molecule has 0 fully saturated rings. The molecule has 0 unspecified atom stereocenters. The summed E-state index contributed by atoms with van der Waals surface area (Å²) in [5.41, 5.74) is 6.74. The van der Waals surface area contributed by atoms with E-state index >= 15 is 0 Å². The van der Waals surface area contributed by atoms with Crippen LogP contribution in [-0.4, -0.2) is 27.5 Å². The second kappa shape index (κ2) is 4.61. The molecule has 0 radical (unpaired) electrons. The Labute approximate surface area is 89.9 Å². The van der Waals surface area contributed by atoms with Crippen LogP contribution in [0.4, 0.5) is 5.69 Å². The molecule has 15 heavy (non-hydrogen) atoms. The van der Waals surface area contributed by atoms with Gasteiger partial charge >= 0.3 is 0 Å². The number of nitrogens with one attached hydrogen (secondary N) is 1. The van der Waals surface area contributed by atoms with Gasteiger partial charge in [0.05, 0.1) is 5.75 Å². The number of sulfonamides is 1. The molecule has 0 aliphatic heterocycles. The van der Waals surface area contributed by atoms with Crippen LogP contribution in [0.1, 0.15) is 5.56 Å². The van der Waals surface area contributed by atoms with E-state index < -0.39 is 10.0 Å². The van der Waals surface area contributed by atoms with Crippen molar-refractivity contribution in [3.8, 4) is 0 Å². The summed E-state index contributed by atoms with van der Waals surface area (Å²) in [5, 5.41) is 1.38. The fraction of sp³-hybridized carbons (Fsp3) is 0.333. The van der Waals surface area contributed by atoms with E-state index in [1.54, 1.807) is 38.4 Å². The van der Waals surface area contributed by atoms with Crippen molar-refractivity contribution in [2.45, 2.75) is 5.75 Å². The zero-order chi connectivity index (χ0) is 11.5. The molecule has 0 spiro atoms. The highest BCUT2D eigenvalue weighted by Crippen LogP contribution is 2.13. The van der Waals surface area contributed by atoms with Crippen LogP contribution >= 0.6 is 0 Å². The van der Waals surface area contributed by atoms with Crippen LogP contribution in [0, 0.1) is 0 Å². The van der Waals surface area contributed by atoms with E-state index in [2.05, 4.69) is 4.83 Å². The van der Waals surface area contributed by atoms with E-state index in [0.717, 1.165) is 0 Å². The number of nitrogens with zero attached hydrogens (tertiary/aromatic N) is 1. The van der Waals surface area contributed by atoms with Crippen molar-refractivity contribution in [1.82, 2.24) is 9.84 Å². The molecule has 0 aliphatic carbocycles. The minimum absolute atomic E-state index is 0.113. The fourth-order valence-electron chi connectivity index (χ4n) is 1.18. The summed E-state index contributed by atoms with van der Waals surface area (Å²) in [6.07, 6.45) is 0. The van der Waals surface area contributed by atoms with Crippen LogP contribution in [0.15, 0.2) is 24.3 Å². The monoisotopic (exact) mass is 229 g/mol. The molecular weight excluding hydrogens is 214 g/mol. The van der Waals surface area contributed by atoms with Gasteiger partial charge in [-0.3, -0.25) is 0 Å². The zero-order valence-corrected chi connectivity index (χ0v) is 9.58. The number of anilines is 1. The quantitative estimate of drug-likeness (QED) is 0.570. The molecule has 5 nitrogen and oxygen atoms in total. The van der Waals surface area contributed by atoms with Crippen LogP contribution < -0.4 is 10.6 Å². The molecule has 0 bridgehead atoms. The molecular formula is C9H15N3O2S. The second-order valence-corrected chi connectivity index (χ2v) is 5.14. The van der Waals surface area contributed by atoms with Gasteiger partial charge in [0.1, 0.15) is 0 Å². The number of hydrogen-bond donors (Lipinski definition) is 2. The lowest BCUT2D eigenvalue weighted by Gasteiger charge is -2.13. The van der Waals surface area contributed by atoms with Crippen molar-refractivity contribution < 1.29 is 8.42 Å². The minimum atomic E-state index is -3.36. The highest BCUT2D eigenvalue weighted by Gasteiger charge is 2.13. The van der Waals surface area contributed by atoms with E-state index in [0.29, 0.717) is 11.3 Å². The Morgan fingerprint density at radius 3 is 2.47 bits per heavy atom. The van der Waals surface area contributed by atoms with Gasteiger partial charge in [-0.05, 0) is 11.6 Å². The molecule has 0 saturated heterocycles. The Balaban J connectivity index is 2.83. The van der Waals surface area contributed by atoms with Gasteiger partial charge < -0.3 is 5.73 Å². The SMILES string of the molecule is CN(C)NS(=O)(=O)Cc1ccccc1N. The third-order valence-corrected chi connectivity index (χ3v) is 3.06. The van der Waals surface area contributed by atoms with E-state index in [1.165, 1.54) is 5.01 Å². The Hall–Kier alpha value is -1.11. The van der Waals surface area contributed by atoms with Crippen LogP contribution in [0.3, 0.4) is 0 Å². The van der Waals surface area contributed by atoms with E-state index in [-0.39, 0.29) is 5.75 Å². The Morgan fingerprint density at radius 1 is 1.33 bits per heavy atom. The molecule has 0 heterocycles. The third kappa shape index (κ3) is 3.86. The first kappa shape index (κ1) is 12.0. The van der Waals surface area contributed by atoms with Gasteiger partial charge in [0, 0.05) is 19.8 Å². The maximum atomic E-state index is 11.6. The lowest BCUT2D eigenvalue weighted by molar-refractivity contribution is 0.363. The number of nitrogen functional groups attached to an aromatic ring is 1. The molecule has 0 aliphatic rings. The predicted octanol–water partition coefficient (Wildman–Crippen LogP) is 0.165. The maximum Gasteiger partial charge on any atom is 0.228 e. The zero-order valence-electron chi connectivity index (χ0n) is 8.77. The molecule has 0 amide bonds. The van der Waals surface area contributed by atoms with E-state index in [4.69, 9.17) is 5.73 Å². The average Bonchev–Trinajstić information content (AvgIpc) is 2.06. The molecule has 0 atom stereocenters. The summed E-state index contributed by atoms with van der Waals surface area (Å²) < 4.78 is 23.1. The molecule has 3 N–H and O–H groups in total. The number of para-hydroxylation sites is 1. The highest BCUT2D eigenvalue weighted by molar-refractivity contribution is 7.88. The summed E-state index contributed by atoms with van der Waals surface area (Å²) in [5.74, 6) is -0.113. The summed E-state index contributed by atoms with van der Waals surface area (Å²) in [6.45, 7) is 0. The van der Waals surface area contributed by atoms with Crippen LogP contribution in [-0.2, 0) is 15.8 Å². The number of rotatable bonds is 4.